The lowest BCUT2D eigenvalue weighted by atomic mass is 10.0. The molecule has 2 heterocycles. The number of fused-ring (bicyclic) bond motifs is 2. The van der Waals surface area contributed by atoms with Gasteiger partial charge in [0.2, 0.25) is 0 Å². The first-order chi connectivity index (χ1) is 12.2. The minimum Gasteiger partial charge on any atom is -0.383 e. The summed E-state index contributed by atoms with van der Waals surface area (Å²) in [5.74, 6) is 0. The van der Waals surface area contributed by atoms with Gasteiger partial charge in [0.25, 0.3) is 0 Å². The maximum atomic E-state index is 5.68. The summed E-state index contributed by atoms with van der Waals surface area (Å²) in [4.78, 5) is 6.52. The maximum Gasteiger partial charge on any atom is 0.0736 e. The normalized spacial score (nSPS) is 13.0. The number of benzene rings is 2. The topological polar surface area (TPSA) is 69.5 Å². The van der Waals surface area contributed by atoms with Crippen LogP contribution in [0.1, 0.15) is 0 Å². The Labute approximate surface area is 147 Å². The summed E-state index contributed by atoms with van der Waals surface area (Å²) in [6, 6.07) is 8.65. The van der Waals surface area contributed by atoms with Crippen molar-refractivity contribution in [3.63, 3.8) is 0 Å². The Morgan fingerprint density at radius 1 is 1.24 bits per heavy atom. The maximum absolute atomic E-state index is 5.68. The number of hydrazine groups is 1. The number of rotatable bonds is 6. The second-order valence-electron chi connectivity index (χ2n) is 6.69. The first-order valence-corrected chi connectivity index (χ1v) is 8.65. The van der Waals surface area contributed by atoms with Crippen LogP contribution in [0.15, 0.2) is 36.7 Å². The molecule has 130 valence electrons. The van der Waals surface area contributed by atoms with E-state index in [4.69, 9.17) is 5.73 Å². The molecule has 4 rings (SSSR count). The molecule has 0 spiro atoms. The van der Waals surface area contributed by atoms with Gasteiger partial charge in [0, 0.05) is 53.9 Å². The standard InChI is InChI=1S/C19H24N6/c1-24(2)9-10-25-17-4-3-16(22-8-6-20)14-11-13-5-7-21-12-15(13)19(23-25)18(14)17/h3-5,7,11-12,22-23H,6,8-10,20H2,1-2H3. The highest BCUT2D eigenvalue weighted by Gasteiger charge is 2.24. The summed E-state index contributed by atoms with van der Waals surface area (Å²) >= 11 is 0. The molecule has 0 saturated heterocycles. The average Bonchev–Trinajstić information content (AvgIpc) is 2.99. The smallest absolute Gasteiger partial charge is 0.0736 e. The van der Waals surface area contributed by atoms with E-state index in [9.17, 15) is 0 Å². The third kappa shape index (κ3) is 2.73. The van der Waals surface area contributed by atoms with Crippen LogP contribution in [0, 0.1) is 0 Å². The van der Waals surface area contributed by atoms with Crippen LogP contribution in [-0.4, -0.2) is 50.2 Å². The van der Waals surface area contributed by atoms with Gasteiger partial charge in [0.15, 0.2) is 0 Å². The van der Waals surface area contributed by atoms with Gasteiger partial charge in [-0.25, -0.2) is 0 Å². The zero-order valence-corrected chi connectivity index (χ0v) is 14.7. The van der Waals surface area contributed by atoms with Crippen molar-refractivity contribution in [1.29, 1.82) is 0 Å². The van der Waals surface area contributed by atoms with Crippen LogP contribution < -0.4 is 21.5 Å². The van der Waals surface area contributed by atoms with Gasteiger partial charge < -0.3 is 16.0 Å². The Balaban J connectivity index is 1.89. The van der Waals surface area contributed by atoms with Crippen LogP contribution >= 0.6 is 0 Å². The molecule has 2 aromatic carbocycles. The number of aromatic nitrogens is 1. The first kappa shape index (κ1) is 15.9. The van der Waals surface area contributed by atoms with Crippen molar-refractivity contribution < 1.29 is 0 Å². The van der Waals surface area contributed by atoms with Crippen molar-refractivity contribution in [1.82, 2.24) is 9.88 Å². The summed E-state index contributed by atoms with van der Waals surface area (Å²) in [5, 5.41) is 10.5. The van der Waals surface area contributed by atoms with Crippen molar-refractivity contribution >= 4 is 38.6 Å². The number of nitrogens with one attached hydrogen (secondary N) is 2. The summed E-state index contributed by atoms with van der Waals surface area (Å²) < 4.78 is 0. The van der Waals surface area contributed by atoms with Gasteiger partial charge in [-0.15, -0.1) is 0 Å². The third-order valence-corrected chi connectivity index (χ3v) is 4.67. The predicted octanol–water partition coefficient (Wildman–Crippen LogP) is 2.47. The lowest BCUT2D eigenvalue weighted by Gasteiger charge is -2.22. The van der Waals surface area contributed by atoms with Crippen LogP contribution in [-0.2, 0) is 0 Å². The summed E-state index contributed by atoms with van der Waals surface area (Å²) in [7, 11) is 4.19. The van der Waals surface area contributed by atoms with E-state index in [0.717, 1.165) is 36.4 Å². The molecule has 1 aliphatic heterocycles. The Morgan fingerprint density at radius 2 is 2.12 bits per heavy atom. The molecule has 0 atom stereocenters. The van der Waals surface area contributed by atoms with Crippen LogP contribution in [0.25, 0.3) is 21.5 Å². The van der Waals surface area contributed by atoms with E-state index in [2.05, 4.69) is 64.0 Å². The van der Waals surface area contributed by atoms with Gasteiger partial charge in [-0.05, 0) is 43.7 Å². The summed E-state index contributed by atoms with van der Waals surface area (Å²) in [5.41, 5.74) is 12.8. The quantitative estimate of drug-likeness (QED) is 0.601. The lowest BCUT2D eigenvalue weighted by molar-refractivity contribution is 0.417. The second-order valence-corrected chi connectivity index (χ2v) is 6.69. The highest BCUT2D eigenvalue weighted by atomic mass is 15.5. The molecule has 0 saturated carbocycles. The Hall–Kier alpha value is -2.57. The number of nitrogens with zero attached hydrogens (tertiary/aromatic N) is 3. The number of pyridine rings is 1. The van der Waals surface area contributed by atoms with Crippen LogP contribution in [0.3, 0.4) is 0 Å². The number of nitrogens with two attached hydrogens (primary N) is 1. The fourth-order valence-corrected chi connectivity index (χ4v) is 3.42. The van der Waals surface area contributed by atoms with E-state index in [1.54, 1.807) is 0 Å². The summed E-state index contributed by atoms with van der Waals surface area (Å²) in [6.45, 7) is 3.26. The molecule has 3 aromatic rings. The van der Waals surface area contributed by atoms with Crippen molar-refractivity contribution in [2.45, 2.75) is 0 Å². The van der Waals surface area contributed by atoms with Crippen LogP contribution in [0.5, 0.6) is 0 Å². The number of hydrogen-bond donors (Lipinski definition) is 3. The van der Waals surface area contributed by atoms with Crippen LogP contribution in [0.2, 0.25) is 0 Å². The van der Waals surface area contributed by atoms with Gasteiger partial charge in [-0.2, -0.15) is 0 Å². The van der Waals surface area contributed by atoms with Gasteiger partial charge >= 0.3 is 0 Å². The largest absolute Gasteiger partial charge is 0.383 e. The molecular formula is C19H24N6. The lowest BCUT2D eigenvalue weighted by Crippen LogP contribution is -2.33. The molecule has 0 aliphatic carbocycles. The highest BCUT2D eigenvalue weighted by molar-refractivity contribution is 6.21. The number of anilines is 3. The van der Waals surface area contributed by atoms with Gasteiger partial charge in [0.1, 0.15) is 0 Å². The minimum absolute atomic E-state index is 0.612. The van der Waals surface area contributed by atoms with Crippen molar-refractivity contribution in [3.05, 3.63) is 36.7 Å². The fraction of sp³-hybridized carbons (Fsp3) is 0.316. The molecule has 0 unspecified atom stereocenters. The predicted molar refractivity (Wildman–Crippen MR) is 106 cm³/mol. The number of likely N-dealkylation sites (N-methyl/N-ethyl adjacent to an activating group) is 1. The van der Waals surface area contributed by atoms with Crippen molar-refractivity contribution in [2.75, 3.05) is 56.0 Å². The van der Waals surface area contributed by atoms with E-state index in [1.807, 2.05) is 12.4 Å². The Morgan fingerprint density at radius 3 is 2.92 bits per heavy atom. The van der Waals surface area contributed by atoms with Gasteiger partial charge in [0.05, 0.1) is 17.9 Å². The highest BCUT2D eigenvalue weighted by Crippen LogP contribution is 2.45. The molecule has 0 fully saturated rings. The van der Waals surface area contributed by atoms with Crippen molar-refractivity contribution in [3.8, 4) is 0 Å². The molecule has 1 aliphatic rings. The Kier molecular flexibility index (Phi) is 4.07. The second kappa shape index (κ2) is 6.38. The molecule has 0 radical (unpaired) electrons. The average molecular weight is 336 g/mol. The van der Waals surface area contributed by atoms with E-state index in [1.165, 1.54) is 21.8 Å². The first-order valence-electron chi connectivity index (χ1n) is 8.65. The molecule has 6 heteroatoms. The monoisotopic (exact) mass is 336 g/mol. The van der Waals surface area contributed by atoms with Crippen LogP contribution in [0.4, 0.5) is 17.1 Å². The van der Waals surface area contributed by atoms with Crippen molar-refractivity contribution in [2.24, 2.45) is 5.73 Å². The minimum atomic E-state index is 0.612. The van der Waals surface area contributed by atoms with Gasteiger partial charge in [-0.1, -0.05) is 0 Å². The van der Waals surface area contributed by atoms with E-state index in [-0.39, 0.29) is 0 Å². The molecular weight excluding hydrogens is 312 g/mol. The molecule has 6 nitrogen and oxygen atoms in total. The molecule has 0 amide bonds. The van der Waals surface area contributed by atoms with E-state index in [0.29, 0.717) is 6.54 Å². The molecule has 25 heavy (non-hydrogen) atoms. The zero-order valence-electron chi connectivity index (χ0n) is 14.7. The fourth-order valence-electron chi connectivity index (χ4n) is 3.42. The molecule has 4 N–H and O–H groups in total. The number of hydrogen-bond acceptors (Lipinski definition) is 6. The third-order valence-electron chi connectivity index (χ3n) is 4.67. The SMILES string of the molecule is CN(C)CCN1Nc2c3cnccc3cc3c(NCCN)ccc1c23. The molecule has 0 bridgehead atoms. The van der Waals surface area contributed by atoms with Gasteiger partial charge in [-0.3, -0.25) is 15.4 Å². The van der Waals surface area contributed by atoms with E-state index >= 15 is 0 Å². The summed E-state index contributed by atoms with van der Waals surface area (Å²) in [6.07, 6.45) is 3.78. The molecule has 1 aromatic heterocycles. The van der Waals surface area contributed by atoms with E-state index < -0.39 is 0 Å². The Bertz CT molecular complexity index is 921. The zero-order chi connectivity index (χ0) is 17.4.